The van der Waals surface area contributed by atoms with Crippen LogP contribution in [0.15, 0.2) is 47.5 Å². The summed E-state index contributed by atoms with van der Waals surface area (Å²) in [6, 6.07) is 9.20. The van der Waals surface area contributed by atoms with E-state index in [4.69, 9.17) is 5.14 Å². The SMILES string of the molecule is CN(Cc1cccc(F)c1)c1ccc(S(N)(=O)=O)cn1. The van der Waals surface area contributed by atoms with E-state index in [2.05, 4.69) is 4.98 Å². The second kappa shape index (κ2) is 5.56. The van der Waals surface area contributed by atoms with Crippen LogP contribution in [0.4, 0.5) is 10.2 Å². The molecule has 2 N–H and O–H groups in total. The van der Waals surface area contributed by atoms with Gasteiger partial charge in [0.15, 0.2) is 0 Å². The molecule has 1 heterocycles. The Labute approximate surface area is 116 Å². The molecule has 7 heteroatoms. The summed E-state index contributed by atoms with van der Waals surface area (Å²) in [5.74, 6) is 0.273. The van der Waals surface area contributed by atoms with Gasteiger partial charge in [-0.3, -0.25) is 0 Å². The van der Waals surface area contributed by atoms with Crippen LogP contribution in [0.2, 0.25) is 0 Å². The number of aromatic nitrogens is 1. The van der Waals surface area contributed by atoms with E-state index in [0.717, 1.165) is 5.56 Å². The fourth-order valence-electron chi connectivity index (χ4n) is 1.76. The minimum Gasteiger partial charge on any atom is -0.355 e. The number of pyridine rings is 1. The number of hydrogen-bond acceptors (Lipinski definition) is 4. The van der Waals surface area contributed by atoms with Gasteiger partial charge >= 0.3 is 0 Å². The molecule has 0 fully saturated rings. The van der Waals surface area contributed by atoms with Crippen molar-refractivity contribution in [2.24, 2.45) is 5.14 Å². The lowest BCUT2D eigenvalue weighted by atomic mass is 10.2. The minimum atomic E-state index is -3.74. The maximum Gasteiger partial charge on any atom is 0.239 e. The third-order valence-electron chi connectivity index (χ3n) is 2.75. The molecule has 0 radical (unpaired) electrons. The lowest BCUT2D eigenvalue weighted by Gasteiger charge is -2.18. The minimum absolute atomic E-state index is 0.0413. The van der Waals surface area contributed by atoms with Gasteiger partial charge in [0.25, 0.3) is 0 Å². The highest BCUT2D eigenvalue weighted by Gasteiger charge is 2.10. The van der Waals surface area contributed by atoms with Gasteiger partial charge in [0, 0.05) is 19.8 Å². The van der Waals surface area contributed by atoms with Crippen LogP contribution in [0.5, 0.6) is 0 Å². The molecule has 0 spiro atoms. The van der Waals surface area contributed by atoms with Crippen molar-refractivity contribution >= 4 is 15.8 Å². The van der Waals surface area contributed by atoms with Gasteiger partial charge in [0.05, 0.1) is 0 Å². The molecular formula is C13H14FN3O2S. The Kier molecular flexibility index (Phi) is 4.01. The standard InChI is InChI=1S/C13H14FN3O2S/c1-17(9-10-3-2-4-11(14)7-10)13-6-5-12(8-16-13)20(15,18)19/h2-8H,9H2,1H3,(H2,15,18,19). The summed E-state index contributed by atoms with van der Waals surface area (Å²) >= 11 is 0. The first-order valence-corrected chi connectivity index (χ1v) is 7.35. The van der Waals surface area contributed by atoms with Crippen LogP contribution in [-0.2, 0) is 16.6 Å². The normalized spacial score (nSPS) is 11.3. The number of nitrogens with zero attached hydrogens (tertiary/aromatic N) is 2. The van der Waals surface area contributed by atoms with E-state index >= 15 is 0 Å². The van der Waals surface area contributed by atoms with Crippen molar-refractivity contribution in [2.45, 2.75) is 11.4 Å². The van der Waals surface area contributed by atoms with Gasteiger partial charge in [-0.05, 0) is 29.8 Å². The van der Waals surface area contributed by atoms with Crippen molar-refractivity contribution in [3.05, 3.63) is 54.0 Å². The van der Waals surface area contributed by atoms with E-state index in [1.807, 2.05) is 0 Å². The van der Waals surface area contributed by atoms with Gasteiger partial charge in [-0.2, -0.15) is 0 Å². The number of rotatable bonds is 4. The highest BCUT2D eigenvalue weighted by atomic mass is 32.2. The van der Waals surface area contributed by atoms with Crippen LogP contribution >= 0.6 is 0 Å². The van der Waals surface area contributed by atoms with Crippen molar-refractivity contribution in [3.63, 3.8) is 0 Å². The zero-order valence-electron chi connectivity index (χ0n) is 10.8. The topological polar surface area (TPSA) is 76.3 Å². The van der Waals surface area contributed by atoms with Crippen LogP contribution in [-0.4, -0.2) is 20.4 Å². The van der Waals surface area contributed by atoms with Gasteiger partial charge in [0.1, 0.15) is 16.5 Å². The van der Waals surface area contributed by atoms with E-state index in [0.29, 0.717) is 12.4 Å². The number of anilines is 1. The molecule has 0 atom stereocenters. The molecule has 0 aliphatic heterocycles. The van der Waals surface area contributed by atoms with E-state index in [9.17, 15) is 12.8 Å². The Morgan fingerprint density at radius 3 is 2.60 bits per heavy atom. The van der Waals surface area contributed by atoms with Crippen molar-refractivity contribution < 1.29 is 12.8 Å². The van der Waals surface area contributed by atoms with Crippen LogP contribution in [0.1, 0.15) is 5.56 Å². The first-order valence-electron chi connectivity index (χ1n) is 5.81. The third kappa shape index (κ3) is 3.52. The molecule has 0 aliphatic rings. The Morgan fingerprint density at radius 1 is 1.30 bits per heavy atom. The fourth-order valence-corrected chi connectivity index (χ4v) is 2.21. The van der Waals surface area contributed by atoms with Crippen molar-refractivity contribution in [1.29, 1.82) is 0 Å². The molecule has 1 aromatic heterocycles. The smallest absolute Gasteiger partial charge is 0.239 e. The molecule has 0 bridgehead atoms. The van der Waals surface area contributed by atoms with Gasteiger partial charge in [0.2, 0.25) is 10.0 Å². The lowest BCUT2D eigenvalue weighted by Crippen LogP contribution is -2.18. The third-order valence-corrected chi connectivity index (χ3v) is 3.65. The van der Waals surface area contributed by atoms with Crippen LogP contribution in [0.3, 0.4) is 0 Å². The Bertz CT molecular complexity index is 702. The number of sulfonamides is 1. The lowest BCUT2D eigenvalue weighted by molar-refractivity contribution is 0.597. The second-order valence-electron chi connectivity index (χ2n) is 4.38. The van der Waals surface area contributed by atoms with Gasteiger partial charge in [-0.1, -0.05) is 12.1 Å². The summed E-state index contributed by atoms with van der Waals surface area (Å²) in [5.41, 5.74) is 0.796. The van der Waals surface area contributed by atoms with Gasteiger partial charge < -0.3 is 4.90 Å². The number of primary sulfonamides is 1. The molecule has 20 heavy (non-hydrogen) atoms. The molecule has 5 nitrogen and oxygen atoms in total. The number of nitrogens with two attached hydrogens (primary N) is 1. The summed E-state index contributed by atoms with van der Waals surface area (Å²) in [4.78, 5) is 5.77. The zero-order valence-corrected chi connectivity index (χ0v) is 11.6. The van der Waals surface area contributed by atoms with E-state index in [1.54, 1.807) is 30.1 Å². The molecule has 106 valence electrons. The maximum absolute atomic E-state index is 13.1. The highest BCUT2D eigenvalue weighted by Crippen LogP contribution is 2.15. The predicted molar refractivity (Wildman–Crippen MR) is 74.1 cm³/mol. The van der Waals surface area contributed by atoms with Gasteiger partial charge in [-0.25, -0.2) is 22.9 Å². The summed E-state index contributed by atoms with van der Waals surface area (Å²) < 4.78 is 35.3. The van der Waals surface area contributed by atoms with Gasteiger partial charge in [-0.15, -0.1) is 0 Å². The quantitative estimate of drug-likeness (QED) is 0.927. The first kappa shape index (κ1) is 14.4. The number of hydrogen-bond donors (Lipinski definition) is 1. The summed E-state index contributed by atoms with van der Waals surface area (Å²) in [7, 11) is -1.96. The zero-order chi connectivity index (χ0) is 14.8. The van der Waals surface area contributed by atoms with Crippen molar-refractivity contribution in [1.82, 2.24) is 4.98 Å². The van der Waals surface area contributed by atoms with Crippen molar-refractivity contribution in [3.8, 4) is 0 Å². The Morgan fingerprint density at radius 2 is 2.05 bits per heavy atom. The van der Waals surface area contributed by atoms with Crippen LogP contribution in [0.25, 0.3) is 0 Å². The fraction of sp³-hybridized carbons (Fsp3) is 0.154. The Hall–Kier alpha value is -1.99. The summed E-state index contributed by atoms with van der Waals surface area (Å²) in [5, 5.41) is 5.00. The maximum atomic E-state index is 13.1. The monoisotopic (exact) mass is 295 g/mol. The predicted octanol–water partition coefficient (Wildman–Crippen LogP) is 1.50. The average Bonchev–Trinajstić information content (AvgIpc) is 2.38. The average molecular weight is 295 g/mol. The number of halogens is 1. The molecular weight excluding hydrogens is 281 g/mol. The molecule has 0 saturated carbocycles. The van der Waals surface area contributed by atoms with E-state index in [-0.39, 0.29) is 10.7 Å². The summed E-state index contributed by atoms with van der Waals surface area (Å²) in [6.45, 7) is 0.458. The first-order chi connectivity index (χ1) is 9.36. The highest BCUT2D eigenvalue weighted by molar-refractivity contribution is 7.89. The van der Waals surface area contributed by atoms with Crippen molar-refractivity contribution in [2.75, 3.05) is 11.9 Å². The summed E-state index contributed by atoms with van der Waals surface area (Å²) in [6.07, 6.45) is 1.20. The van der Waals surface area contributed by atoms with Crippen LogP contribution in [0, 0.1) is 5.82 Å². The molecule has 0 aliphatic carbocycles. The Balaban J connectivity index is 2.15. The molecule has 0 saturated heterocycles. The largest absolute Gasteiger partial charge is 0.355 e. The number of benzene rings is 1. The molecule has 0 unspecified atom stereocenters. The molecule has 1 aromatic carbocycles. The van der Waals surface area contributed by atoms with Crippen LogP contribution < -0.4 is 10.0 Å². The second-order valence-corrected chi connectivity index (χ2v) is 5.94. The molecule has 2 rings (SSSR count). The molecule has 0 amide bonds. The van der Waals surface area contributed by atoms with E-state index < -0.39 is 10.0 Å². The molecule has 2 aromatic rings. The van der Waals surface area contributed by atoms with E-state index in [1.165, 1.54) is 24.4 Å².